The molecule has 0 amide bonds. The van der Waals surface area contributed by atoms with Crippen molar-refractivity contribution in [1.29, 1.82) is 0 Å². The molecule has 3 heteroatoms. The van der Waals surface area contributed by atoms with Crippen LogP contribution in [-0.4, -0.2) is 55.6 Å². The predicted molar refractivity (Wildman–Crippen MR) is 73.0 cm³/mol. The highest BCUT2D eigenvalue weighted by Gasteiger charge is 2.21. The summed E-state index contributed by atoms with van der Waals surface area (Å²) in [4.78, 5) is 5.21. The number of rotatable bonds is 5. The topological polar surface area (TPSA) is 32.5 Å². The van der Waals surface area contributed by atoms with Crippen LogP contribution < -0.4 is 5.73 Å². The summed E-state index contributed by atoms with van der Waals surface area (Å²) < 4.78 is 0. The molecule has 0 aromatic heterocycles. The molecule has 2 aliphatic heterocycles. The highest BCUT2D eigenvalue weighted by molar-refractivity contribution is 4.87. The van der Waals surface area contributed by atoms with Gasteiger partial charge in [0.2, 0.25) is 0 Å². The van der Waals surface area contributed by atoms with Crippen LogP contribution in [0.3, 0.4) is 0 Å². The van der Waals surface area contributed by atoms with E-state index in [2.05, 4.69) is 22.0 Å². The van der Waals surface area contributed by atoms with Gasteiger partial charge in [0.1, 0.15) is 0 Å². The van der Waals surface area contributed by atoms with Gasteiger partial charge < -0.3 is 10.6 Å². The third-order valence-corrected chi connectivity index (χ3v) is 4.09. The third-order valence-electron chi connectivity index (χ3n) is 4.09. The normalized spacial score (nSPS) is 25.0. The van der Waals surface area contributed by atoms with Crippen LogP contribution in [0, 0.1) is 5.92 Å². The Kier molecular flexibility index (Phi) is 5.49. The summed E-state index contributed by atoms with van der Waals surface area (Å²) in [5.74, 6) is 0.947. The van der Waals surface area contributed by atoms with Gasteiger partial charge in [0, 0.05) is 19.6 Å². The molecular formula is C14H27N3. The maximum absolute atomic E-state index is 5.45. The second kappa shape index (κ2) is 7.14. The molecule has 0 spiro atoms. The number of hydrogen-bond acceptors (Lipinski definition) is 3. The van der Waals surface area contributed by atoms with E-state index in [4.69, 9.17) is 5.73 Å². The zero-order chi connectivity index (χ0) is 11.9. The molecule has 0 aromatic rings. The van der Waals surface area contributed by atoms with E-state index >= 15 is 0 Å². The molecule has 2 fully saturated rings. The van der Waals surface area contributed by atoms with Crippen LogP contribution in [0.1, 0.15) is 25.7 Å². The number of nitrogens with zero attached hydrogens (tertiary/aromatic N) is 2. The van der Waals surface area contributed by atoms with Crippen molar-refractivity contribution in [2.75, 3.05) is 45.8 Å². The fourth-order valence-electron chi connectivity index (χ4n) is 3.00. The molecule has 0 saturated carbocycles. The maximum Gasteiger partial charge on any atom is 0.0163 e. The van der Waals surface area contributed by atoms with Crippen molar-refractivity contribution in [3.05, 3.63) is 12.2 Å². The first-order valence-electron chi connectivity index (χ1n) is 7.18. The van der Waals surface area contributed by atoms with E-state index in [1.54, 1.807) is 0 Å². The molecule has 2 N–H and O–H groups in total. The molecule has 0 aliphatic carbocycles. The van der Waals surface area contributed by atoms with Gasteiger partial charge in [0.15, 0.2) is 0 Å². The zero-order valence-electron chi connectivity index (χ0n) is 11.0. The fourth-order valence-corrected chi connectivity index (χ4v) is 3.00. The molecule has 0 bridgehead atoms. The van der Waals surface area contributed by atoms with Crippen LogP contribution >= 0.6 is 0 Å². The third kappa shape index (κ3) is 4.41. The summed E-state index contributed by atoms with van der Waals surface area (Å²) in [6.07, 6.45) is 9.88. The van der Waals surface area contributed by atoms with E-state index in [9.17, 15) is 0 Å². The molecule has 2 saturated heterocycles. The fraction of sp³-hybridized carbons (Fsp3) is 0.857. The molecule has 17 heavy (non-hydrogen) atoms. The maximum atomic E-state index is 5.45. The molecule has 0 atom stereocenters. The molecule has 3 nitrogen and oxygen atoms in total. The standard InChI is InChI=1S/C14H27N3/c15-7-1-2-8-16-11-5-14(6-12-16)13-17-9-3-4-10-17/h1-2,14H,3-13,15H2. The Balaban J connectivity index is 1.61. The van der Waals surface area contributed by atoms with Gasteiger partial charge >= 0.3 is 0 Å². The first-order chi connectivity index (χ1) is 8.38. The Morgan fingerprint density at radius 2 is 1.65 bits per heavy atom. The lowest BCUT2D eigenvalue weighted by atomic mass is 9.96. The quantitative estimate of drug-likeness (QED) is 0.732. The van der Waals surface area contributed by atoms with Gasteiger partial charge in [-0.25, -0.2) is 0 Å². The van der Waals surface area contributed by atoms with Gasteiger partial charge in [0.05, 0.1) is 0 Å². The van der Waals surface area contributed by atoms with Crippen LogP contribution in [0.4, 0.5) is 0 Å². The Bertz CT molecular complexity index is 226. The number of nitrogens with two attached hydrogens (primary N) is 1. The average Bonchev–Trinajstić information content (AvgIpc) is 2.85. The van der Waals surface area contributed by atoms with Crippen molar-refractivity contribution < 1.29 is 0 Å². The average molecular weight is 237 g/mol. The molecule has 0 radical (unpaired) electrons. The summed E-state index contributed by atoms with van der Waals surface area (Å²) in [7, 11) is 0. The minimum Gasteiger partial charge on any atom is -0.327 e. The Morgan fingerprint density at radius 1 is 0.941 bits per heavy atom. The summed E-state index contributed by atoms with van der Waals surface area (Å²) in [6.45, 7) is 8.35. The highest BCUT2D eigenvalue weighted by atomic mass is 15.2. The van der Waals surface area contributed by atoms with Crippen molar-refractivity contribution in [3.8, 4) is 0 Å². The summed E-state index contributed by atoms with van der Waals surface area (Å²) >= 11 is 0. The van der Waals surface area contributed by atoms with Crippen LogP contribution in [0.5, 0.6) is 0 Å². The van der Waals surface area contributed by atoms with Gasteiger partial charge in [-0.2, -0.15) is 0 Å². The smallest absolute Gasteiger partial charge is 0.0163 e. The van der Waals surface area contributed by atoms with E-state index in [-0.39, 0.29) is 0 Å². The van der Waals surface area contributed by atoms with E-state index in [0.29, 0.717) is 6.54 Å². The van der Waals surface area contributed by atoms with E-state index in [1.807, 2.05) is 0 Å². The summed E-state index contributed by atoms with van der Waals surface area (Å²) in [6, 6.07) is 0. The van der Waals surface area contributed by atoms with Gasteiger partial charge in [-0.1, -0.05) is 12.2 Å². The highest BCUT2D eigenvalue weighted by Crippen LogP contribution is 2.20. The van der Waals surface area contributed by atoms with Crippen LogP contribution in [0.2, 0.25) is 0 Å². The van der Waals surface area contributed by atoms with E-state index in [0.717, 1.165) is 12.5 Å². The van der Waals surface area contributed by atoms with E-state index < -0.39 is 0 Å². The van der Waals surface area contributed by atoms with Gasteiger partial charge in [-0.3, -0.25) is 4.90 Å². The Hall–Kier alpha value is -0.380. The summed E-state index contributed by atoms with van der Waals surface area (Å²) in [5.41, 5.74) is 5.45. The molecule has 98 valence electrons. The molecule has 2 aliphatic rings. The lowest BCUT2D eigenvalue weighted by Crippen LogP contribution is -2.38. The lowest BCUT2D eigenvalue weighted by molar-refractivity contribution is 0.164. The van der Waals surface area contributed by atoms with Crippen molar-refractivity contribution >= 4 is 0 Å². The van der Waals surface area contributed by atoms with Crippen LogP contribution in [0.15, 0.2) is 12.2 Å². The van der Waals surface area contributed by atoms with Crippen LogP contribution in [-0.2, 0) is 0 Å². The monoisotopic (exact) mass is 237 g/mol. The molecule has 0 unspecified atom stereocenters. The minimum absolute atomic E-state index is 0.672. The largest absolute Gasteiger partial charge is 0.327 e. The first kappa shape index (κ1) is 13.1. The van der Waals surface area contributed by atoms with Gasteiger partial charge in [-0.15, -0.1) is 0 Å². The molecular weight excluding hydrogens is 210 g/mol. The van der Waals surface area contributed by atoms with Crippen molar-refractivity contribution in [2.45, 2.75) is 25.7 Å². The van der Waals surface area contributed by atoms with Crippen molar-refractivity contribution in [1.82, 2.24) is 9.80 Å². The molecule has 2 rings (SSSR count). The number of likely N-dealkylation sites (tertiary alicyclic amines) is 2. The zero-order valence-corrected chi connectivity index (χ0v) is 11.0. The van der Waals surface area contributed by atoms with Gasteiger partial charge in [-0.05, 0) is 57.8 Å². The number of hydrogen-bond donors (Lipinski definition) is 1. The molecule has 0 aromatic carbocycles. The molecule has 2 heterocycles. The Morgan fingerprint density at radius 3 is 2.29 bits per heavy atom. The van der Waals surface area contributed by atoms with Gasteiger partial charge in [0.25, 0.3) is 0 Å². The lowest BCUT2D eigenvalue weighted by Gasteiger charge is -2.33. The minimum atomic E-state index is 0.672. The summed E-state index contributed by atoms with van der Waals surface area (Å²) in [5, 5.41) is 0. The number of piperidine rings is 1. The SMILES string of the molecule is NCC=CCN1CCC(CN2CCCC2)CC1. The first-order valence-corrected chi connectivity index (χ1v) is 7.18. The second-order valence-corrected chi connectivity index (χ2v) is 5.46. The second-order valence-electron chi connectivity index (χ2n) is 5.46. The van der Waals surface area contributed by atoms with E-state index in [1.165, 1.54) is 58.4 Å². The van der Waals surface area contributed by atoms with Crippen molar-refractivity contribution in [3.63, 3.8) is 0 Å². The predicted octanol–water partition coefficient (Wildman–Crippen LogP) is 1.31. The van der Waals surface area contributed by atoms with Crippen molar-refractivity contribution in [2.24, 2.45) is 11.7 Å². The van der Waals surface area contributed by atoms with Crippen LogP contribution in [0.25, 0.3) is 0 Å². The Labute approximate surface area is 106 Å².